The number of hydrogen-bond donors (Lipinski definition) is 1. The second-order valence-electron chi connectivity index (χ2n) is 3.10. The van der Waals surface area contributed by atoms with Gasteiger partial charge in [-0.1, -0.05) is 30.3 Å². The zero-order chi connectivity index (χ0) is 10.8. The molecular weight excluding hydrogens is 194 g/mol. The van der Waals surface area contributed by atoms with Crippen LogP contribution >= 0.6 is 0 Å². The number of H-pyrrole nitrogens is 1. The highest BCUT2D eigenvalue weighted by molar-refractivity contribution is 5.53. The van der Waals surface area contributed by atoms with Crippen molar-refractivity contribution in [3.8, 4) is 11.4 Å². The van der Waals surface area contributed by atoms with Crippen LogP contribution in [0.2, 0.25) is 0 Å². The van der Waals surface area contributed by atoms with Crippen LogP contribution in [0.25, 0.3) is 11.4 Å². The van der Waals surface area contributed by atoms with Gasteiger partial charge in [-0.3, -0.25) is 9.59 Å². The SMILES string of the molecule is Cn1nc(-c2ccccc2)[nH]c(=O)c1=O. The molecule has 0 radical (unpaired) electrons. The van der Waals surface area contributed by atoms with Crippen LogP contribution in [0.5, 0.6) is 0 Å². The van der Waals surface area contributed by atoms with Crippen molar-refractivity contribution in [1.82, 2.24) is 14.8 Å². The second kappa shape index (κ2) is 3.53. The Kier molecular flexibility index (Phi) is 2.21. The maximum Gasteiger partial charge on any atom is 0.332 e. The molecule has 0 aliphatic carbocycles. The van der Waals surface area contributed by atoms with Gasteiger partial charge in [0.05, 0.1) is 0 Å². The molecule has 2 aromatic rings. The molecule has 0 bridgehead atoms. The molecule has 0 unspecified atom stereocenters. The minimum absolute atomic E-state index is 0.391. The molecule has 5 nitrogen and oxygen atoms in total. The van der Waals surface area contributed by atoms with Crippen molar-refractivity contribution in [3.63, 3.8) is 0 Å². The lowest BCUT2D eigenvalue weighted by Crippen LogP contribution is -2.36. The van der Waals surface area contributed by atoms with Gasteiger partial charge in [0.1, 0.15) is 0 Å². The van der Waals surface area contributed by atoms with Crippen molar-refractivity contribution >= 4 is 0 Å². The lowest BCUT2D eigenvalue weighted by molar-refractivity contribution is 0.683. The normalized spacial score (nSPS) is 10.2. The molecule has 15 heavy (non-hydrogen) atoms. The van der Waals surface area contributed by atoms with Gasteiger partial charge >= 0.3 is 11.1 Å². The largest absolute Gasteiger partial charge is 0.332 e. The summed E-state index contributed by atoms with van der Waals surface area (Å²) in [5.74, 6) is 0.391. The Morgan fingerprint density at radius 1 is 1.20 bits per heavy atom. The predicted molar refractivity (Wildman–Crippen MR) is 55.5 cm³/mol. The summed E-state index contributed by atoms with van der Waals surface area (Å²) in [5, 5.41) is 3.95. The molecule has 0 fully saturated rings. The minimum Gasteiger partial charge on any atom is -0.300 e. The molecule has 1 heterocycles. The average molecular weight is 203 g/mol. The van der Waals surface area contributed by atoms with Gasteiger partial charge in [0.2, 0.25) is 0 Å². The topological polar surface area (TPSA) is 67.8 Å². The molecule has 0 saturated heterocycles. The molecule has 76 valence electrons. The van der Waals surface area contributed by atoms with Gasteiger partial charge in [-0.15, -0.1) is 0 Å². The number of aromatic nitrogens is 3. The van der Waals surface area contributed by atoms with E-state index in [0.717, 1.165) is 10.2 Å². The minimum atomic E-state index is -0.661. The van der Waals surface area contributed by atoms with Crippen molar-refractivity contribution in [1.29, 1.82) is 0 Å². The monoisotopic (exact) mass is 203 g/mol. The molecule has 1 aromatic carbocycles. The summed E-state index contributed by atoms with van der Waals surface area (Å²) in [6, 6.07) is 9.15. The van der Waals surface area contributed by atoms with Crippen LogP contribution in [0.3, 0.4) is 0 Å². The maximum atomic E-state index is 11.2. The highest BCUT2D eigenvalue weighted by atomic mass is 16.2. The highest BCUT2D eigenvalue weighted by Crippen LogP contribution is 2.10. The molecule has 0 aliphatic rings. The van der Waals surface area contributed by atoms with Crippen LogP contribution in [0.1, 0.15) is 0 Å². The van der Waals surface area contributed by atoms with Crippen molar-refractivity contribution in [3.05, 3.63) is 51.0 Å². The first-order chi connectivity index (χ1) is 7.18. The number of benzene rings is 1. The lowest BCUT2D eigenvalue weighted by Gasteiger charge is -2.01. The fraction of sp³-hybridized carbons (Fsp3) is 0.100. The number of nitrogens with zero attached hydrogens (tertiary/aromatic N) is 2. The van der Waals surface area contributed by atoms with E-state index >= 15 is 0 Å². The van der Waals surface area contributed by atoms with Crippen LogP contribution < -0.4 is 11.1 Å². The van der Waals surface area contributed by atoms with Crippen molar-refractivity contribution in [2.75, 3.05) is 0 Å². The van der Waals surface area contributed by atoms with Gasteiger partial charge in [-0.25, -0.2) is 4.68 Å². The Balaban J connectivity index is 2.66. The summed E-state index contributed by atoms with van der Waals surface area (Å²) in [6.45, 7) is 0. The molecule has 0 spiro atoms. The zero-order valence-corrected chi connectivity index (χ0v) is 8.10. The van der Waals surface area contributed by atoms with Gasteiger partial charge in [0.15, 0.2) is 5.82 Å². The summed E-state index contributed by atoms with van der Waals surface area (Å²) < 4.78 is 1.03. The van der Waals surface area contributed by atoms with E-state index in [-0.39, 0.29) is 0 Å². The fourth-order valence-electron chi connectivity index (χ4n) is 1.25. The van der Waals surface area contributed by atoms with Gasteiger partial charge in [0, 0.05) is 12.6 Å². The Morgan fingerprint density at radius 3 is 2.47 bits per heavy atom. The highest BCUT2D eigenvalue weighted by Gasteiger charge is 2.03. The smallest absolute Gasteiger partial charge is 0.300 e. The first-order valence-electron chi connectivity index (χ1n) is 4.41. The third-order valence-corrected chi connectivity index (χ3v) is 2.02. The van der Waals surface area contributed by atoms with Crippen LogP contribution in [-0.2, 0) is 7.05 Å². The van der Waals surface area contributed by atoms with Crippen LogP contribution in [0, 0.1) is 0 Å². The van der Waals surface area contributed by atoms with Crippen LogP contribution in [-0.4, -0.2) is 14.8 Å². The maximum absolute atomic E-state index is 11.2. The zero-order valence-electron chi connectivity index (χ0n) is 8.10. The van der Waals surface area contributed by atoms with Gasteiger partial charge in [-0.05, 0) is 0 Å². The first kappa shape index (κ1) is 9.39. The van der Waals surface area contributed by atoms with E-state index in [1.807, 2.05) is 30.3 Å². The Hall–Kier alpha value is -2.17. The summed E-state index contributed by atoms with van der Waals surface area (Å²) in [4.78, 5) is 24.7. The Morgan fingerprint density at radius 2 is 1.87 bits per heavy atom. The Labute approximate surface area is 85.0 Å². The van der Waals surface area contributed by atoms with E-state index in [4.69, 9.17) is 0 Å². The number of hydrogen-bond acceptors (Lipinski definition) is 3. The number of rotatable bonds is 1. The number of nitrogens with one attached hydrogen (secondary N) is 1. The van der Waals surface area contributed by atoms with Gasteiger partial charge in [-0.2, -0.15) is 5.10 Å². The van der Waals surface area contributed by atoms with E-state index in [9.17, 15) is 9.59 Å². The van der Waals surface area contributed by atoms with Crippen molar-refractivity contribution in [2.24, 2.45) is 7.05 Å². The van der Waals surface area contributed by atoms with Crippen molar-refractivity contribution in [2.45, 2.75) is 0 Å². The Bertz CT molecular complexity index is 584. The molecule has 2 rings (SSSR count). The van der Waals surface area contributed by atoms with E-state index in [0.29, 0.717) is 5.82 Å². The lowest BCUT2D eigenvalue weighted by atomic mass is 10.2. The van der Waals surface area contributed by atoms with Gasteiger partial charge < -0.3 is 4.98 Å². The molecule has 0 saturated carbocycles. The molecular formula is C10H9N3O2. The summed E-state index contributed by atoms with van der Waals surface area (Å²) in [7, 11) is 1.45. The number of aryl methyl sites for hydroxylation is 1. The molecule has 0 amide bonds. The summed E-state index contributed by atoms with van der Waals surface area (Å²) in [6.07, 6.45) is 0. The van der Waals surface area contributed by atoms with Crippen LogP contribution in [0.4, 0.5) is 0 Å². The van der Waals surface area contributed by atoms with E-state index in [1.54, 1.807) is 0 Å². The van der Waals surface area contributed by atoms with Gasteiger partial charge in [0.25, 0.3) is 0 Å². The molecule has 0 atom stereocenters. The molecule has 1 aromatic heterocycles. The second-order valence-corrected chi connectivity index (χ2v) is 3.10. The molecule has 1 N–H and O–H groups in total. The summed E-state index contributed by atoms with van der Waals surface area (Å²) in [5.41, 5.74) is -0.550. The van der Waals surface area contributed by atoms with E-state index in [1.165, 1.54) is 7.05 Å². The number of aromatic amines is 1. The average Bonchev–Trinajstić information content (AvgIpc) is 2.26. The standard InChI is InChI=1S/C10H9N3O2/c1-13-10(15)9(14)11-8(12-13)7-5-3-2-4-6-7/h2-6H,1H3,(H,11,12,14). The van der Waals surface area contributed by atoms with E-state index < -0.39 is 11.1 Å². The van der Waals surface area contributed by atoms with E-state index in [2.05, 4.69) is 10.1 Å². The third-order valence-electron chi connectivity index (χ3n) is 2.02. The molecule has 5 heteroatoms. The first-order valence-corrected chi connectivity index (χ1v) is 4.41. The van der Waals surface area contributed by atoms with Crippen molar-refractivity contribution < 1.29 is 0 Å². The van der Waals surface area contributed by atoms with Crippen LogP contribution in [0.15, 0.2) is 39.9 Å². The molecule has 0 aliphatic heterocycles. The summed E-state index contributed by atoms with van der Waals surface area (Å²) >= 11 is 0. The fourth-order valence-corrected chi connectivity index (χ4v) is 1.25. The third kappa shape index (κ3) is 1.71. The predicted octanol–water partition coefficient (Wildman–Crippen LogP) is 0.136. The quantitative estimate of drug-likeness (QED) is 0.670.